The summed E-state index contributed by atoms with van der Waals surface area (Å²) in [7, 11) is 1.62. The topological polar surface area (TPSA) is 51.2 Å². The minimum absolute atomic E-state index is 0.0208. The normalized spacial score (nSPS) is 10.2. The lowest BCUT2D eigenvalue weighted by Gasteiger charge is -2.06. The van der Waals surface area contributed by atoms with Gasteiger partial charge in [0, 0.05) is 17.2 Å². The second kappa shape index (κ2) is 8.05. The summed E-state index contributed by atoms with van der Waals surface area (Å²) in [6.07, 6.45) is 1.72. The summed E-state index contributed by atoms with van der Waals surface area (Å²) < 4.78 is 6.07. The Bertz CT molecular complexity index is 605. The number of rotatable bonds is 6. The van der Waals surface area contributed by atoms with E-state index in [-0.39, 0.29) is 5.91 Å². The van der Waals surface area contributed by atoms with Gasteiger partial charge in [-0.1, -0.05) is 23.9 Å². The van der Waals surface area contributed by atoms with Crippen molar-refractivity contribution < 1.29 is 9.53 Å². The van der Waals surface area contributed by atoms with Gasteiger partial charge >= 0.3 is 0 Å². The smallest absolute Gasteiger partial charge is 0.230 e. The van der Waals surface area contributed by atoms with Crippen LogP contribution in [0.15, 0.2) is 52.1 Å². The van der Waals surface area contributed by atoms with E-state index in [0.29, 0.717) is 12.3 Å². The fourth-order valence-electron chi connectivity index (χ4n) is 1.62. The van der Waals surface area contributed by atoms with E-state index in [4.69, 9.17) is 4.74 Å². The largest absolute Gasteiger partial charge is 0.497 e. The average molecular weight is 367 g/mol. The van der Waals surface area contributed by atoms with E-state index in [0.717, 1.165) is 20.8 Å². The number of hydrogen-bond donors (Lipinski definition) is 1. The molecule has 6 heteroatoms. The van der Waals surface area contributed by atoms with Crippen molar-refractivity contribution in [2.75, 3.05) is 12.9 Å². The number of carbonyl (C=O) groups is 1. The van der Waals surface area contributed by atoms with Gasteiger partial charge in [-0.3, -0.25) is 4.79 Å². The van der Waals surface area contributed by atoms with Crippen LogP contribution in [0.2, 0.25) is 0 Å². The Morgan fingerprint density at radius 3 is 2.95 bits per heavy atom. The number of methoxy groups -OCH3 is 1. The zero-order valence-electron chi connectivity index (χ0n) is 11.5. The third kappa shape index (κ3) is 5.40. The summed E-state index contributed by atoms with van der Waals surface area (Å²) >= 11 is 4.74. The number of hydrogen-bond acceptors (Lipinski definition) is 4. The maximum absolute atomic E-state index is 11.8. The van der Waals surface area contributed by atoms with E-state index in [9.17, 15) is 4.79 Å². The molecule has 1 aromatic heterocycles. The Kier molecular flexibility index (Phi) is 6.07. The lowest BCUT2D eigenvalue weighted by molar-refractivity contribution is -0.118. The summed E-state index contributed by atoms with van der Waals surface area (Å²) in [4.78, 5) is 16.0. The lowest BCUT2D eigenvalue weighted by Crippen LogP contribution is -2.24. The Balaban J connectivity index is 1.78. The molecule has 0 aliphatic heterocycles. The average Bonchev–Trinajstić information content (AvgIpc) is 2.52. The fourth-order valence-corrected chi connectivity index (χ4v) is 2.53. The Morgan fingerprint density at radius 1 is 1.38 bits per heavy atom. The highest BCUT2D eigenvalue weighted by molar-refractivity contribution is 9.10. The lowest BCUT2D eigenvalue weighted by atomic mass is 10.2. The van der Waals surface area contributed by atoms with Gasteiger partial charge in [0.15, 0.2) is 0 Å². The van der Waals surface area contributed by atoms with Gasteiger partial charge in [-0.2, -0.15) is 0 Å². The first-order valence-electron chi connectivity index (χ1n) is 6.31. The minimum Gasteiger partial charge on any atom is -0.497 e. The maximum atomic E-state index is 11.8. The molecule has 1 aromatic carbocycles. The first kappa shape index (κ1) is 15.9. The van der Waals surface area contributed by atoms with E-state index < -0.39 is 0 Å². The molecule has 0 spiro atoms. The second-order valence-electron chi connectivity index (χ2n) is 4.23. The van der Waals surface area contributed by atoms with Crippen LogP contribution in [-0.4, -0.2) is 23.8 Å². The number of nitrogens with zero attached hydrogens (tertiary/aromatic N) is 1. The van der Waals surface area contributed by atoms with Crippen LogP contribution in [0.3, 0.4) is 0 Å². The number of aromatic nitrogens is 1. The van der Waals surface area contributed by atoms with Crippen LogP contribution in [0.5, 0.6) is 5.75 Å². The standard InChI is InChI=1S/C15H15BrN2O2S/c1-20-13-4-2-3-11(7-13)8-17-14(19)10-21-15-6-5-12(16)9-18-15/h2-7,9H,8,10H2,1H3,(H,17,19). The van der Waals surface area contributed by atoms with Gasteiger partial charge in [-0.25, -0.2) is 4.98 Å². The Hall–Kier alpha value is -1.53. The minimum atomic E-state index is -0.0208. The summed E-state index contributed by atoms with van der Waals surface area (Å²) in [6.45, 7) is 0.490. The third-order valence-corrected chi connectivity index (χ3v) is 4.09. The van der Waals surface area contributed by atoms with Crippen LogP contribution in [0.25, 0.3) is 0 Å². The van der Waals surface area contributed by atoms with Gasteiger partial charge in [0.05, 0.1) is 17.9 Å². The highest BCUT2D eigenvalue weighted by Gasteiger charge is 2.04. The zero-order valence-corrected chi connectivity index (χ0v) is 13.9. The molecule has 0 fully saturated rings. The molecular weight excluding hydrogens is 352 g/mol. The third-order valence-electron chi connectivity index (χ3n) is 2.68. The molecule has 0 unspecified atom stereocenters. The van der Waals surface area contributed by atoms with Crippen molar-refractivity contribution in [2.45, 2.75) is 11.6 Å². The van der Waals surface area contributed by atoms with Crippen LogP contribution < -0.4 is 10.1 Å². The molecule has 1 N–H and O–H groups in total. The van der Waals surface area contributed by atoms with Crippen LogP contribution in [-0.2, 0) is 11.3 Å². The number of pyridine rings is 1. The number of halogens is 1. The molecule has 0 saturated carbocycles. The molecule has 0 bridgehead atoms. The molecule has 0 aliphatic rings. The molecule has 21 heavy (non-hydrogen) atoms. The van der Waals surface area contributed by atoms with Crippen LogP contribution in [0.1, 0.15) is 5.56 Å². The van der Waals surface area contributed by atoms with E-state index in [1.54, 1.807) is 13.3 Å². The highest BCUT2D eigenvalue weighted by Crippen LogP contribution is 2.17. The van der Waals surface area contributed by atoms with Gasteiger partial charge in [0.1, 0.15) is 5.75 Å². The zero-order chi connectivity index (χ0) is 15.1. The summed E-state index contributed by atoms with van der Waals surface area (Å²) in [6, 6.07) is 11.4. The molecule has 4 nitrogen and oxygen atoms in total. The summed E-state index contributed by atoms with van der Waals surface area (Å²) in [5.74, 6) is 1.11. The van der Waals surface area contributed by atoms with Crippen molar-refractivity contribution in [2.24, 2.45) is 0 Å². The molecule has 2 aromatic rings. The van der Waals surface area contributed by atoms with Crippen LogP contribution in [0.4, 0.5) is 0 Å². The molecule has 110 valence electrons. The van der Waals surface area contributed by atoms with Gasteiger partial charge in [-0.05, 0) is 45.8 Å². The highest BCUT2D eigenvalue weighted by atomic mass is 79.9. The first-order valence-corrected chi connectivity index (χ1v) is 8.09. The van der Waals surface area contributed by atoms with Crippen LogP contribution in [0, 0.1) is 0 Å². The number of amides is 1. The summed E-state index contributed by atoms with van der Waals surface area (Å²) in [5.41, 5.74) is 1.01. The number of nitrogens with one attached hydrogen (secondary N) is 1. The van der Waals surface area contributed by atoms with E-state index >= 15 is 0 Å². The quantitative estimate of drug-likeness (QED) is 0.797. The molecule has 2 rings (SSSR count). The van der Waals surface area contributed by atoms with Gasteiger partial charge in [-0.15, -0.1) is 0 Å². The van der Waals surface area contributed by atoms with Crippen molar-refractivity contribution in [3.05, 3.63) is 52.6 Å². The Morgan fingerprint density at radius 2 is 2.24 bits per heavy atom. The Labute approximate surface area is 136 Å². The SMILES string of the molecule is COc1cccc(CNC(=O)CSc2ccc(Br)cn2)c1. The van der Waals surface area contributed by atoms with Crippen molar-refractivity contribution in [1.29, 1.82) is 0 Å². The molecular formula is C15H15BrN2O2S. The van der Waals surface area contributed by atoms with Crippen molar-refractivity contribution >= 4 is 33.6 Å². The number of thioether (sulfide) groups is 1. The maximum Gasteiger partial charge on any atom is 0.230 e. The van der Waals surface area contributed by atoms with E-state index in [1.807, 2.05) is 36.4 Å². The fraction of sp³-hybridized carbons (Fsp3) is 0.200. The second-order valence-corrected chi connectivity index (χ2v) is 6.14. The van der Waals surface area contributed by atoms with Crippen LogP contribution >= 0.6 is 27.7 Å². The van der Waals surface area contributed by atoms with E-state index in [2.05, 4.69) is 26.2 Å². The number of benzene rings is 1. The predicted molar refractivity (Wildman–Crippen MR) is 87.5 cm³/mol. The predicted octanol–water partition coefficient (Wildman–Crippen LogP) is 3.26. The van der Waals surface area contributed by atoms with Gasteiger partial charge in [0.2, 0.25) is 5.91 Å². The monoisotopic (exact) mass is 366 g/mol. The molecule has 1 heterocycles. The summed E-state index contributed by atoms with van der Waals surface area (Å²) in [5, 5.41) is 3.71. The molecule has 0 atom stereocenters. The molecule has 0 radical (unpaired) electrons. The van der Waals surface area contributed by atoms with Crippen molar-refractivity contribution in [3.63, 3.8) is 0 Å². The van der Waals surface area contributed by atoms with Crippen molar-refractivity contribution in [1.82, 2.24) is 10.3 Å². The first-order chi connectivity index (χ1) is 10.2. The number of ether oxygens (including phenoxy) is 1. The van der Waals surface area contributed by atoms with Gasteiger partial charge < -0.3 is 10.1 Å². The van der Waals surface area contributed by atoms with Crippen molar-refractivity contribution in [3.8, 4) is 5.75 Å². The van der Waals surface area contributed by atoms with Gasteiger partial charge in [0.25, 0.3) is 0 Å². The molecule has 0 aliphatic carbocycles. The molecule has 1 amide bonds. The van der Waals surface area contributed by atoms with E-state index in [1.165, 1.54) is 11.8 Å². The molecule has 0 saturated heterocycles. The number of carbonyl (C=O) groups excluding carboxylic acids is 1.